The standard InChI is InChI=1S/C15H12O2S/c1-18(17)13-6-5-10-9-14-11(7-12(10)8-13)3-2-4-15(14)16/h2-9,16H,1H3. The van der Waals surface area contributed by atoms with Crippen LogP contribution in [0, 0.1) is 0 Å². The Morgan fingerprint density at radius 1 is 0.944 bits per heavy atom. The van der Waals surface area contributed by atoms with Crippen LogP contribution in [-0.4, -0.2) is 15.9 Å². The number of phenolic OH excluding ortho intramolecular Hbond substituents is 1. The Balaban J connectivity index is 2.34. The summed E-state index contributed by atoms with van der Waals surface area (Å²) in [4.78, 5) is 0.821. The van der Waals surface area contributed by atoms with Gasteiger partial charge in [0.1, 0.15) is 12.0 Å². The third-order valence-electron chi connectivity index (χ3n) is 3.12. The Kier molecular flexibility index (Phi) is 2.65. The van der Waals surface area contributed by atoms with Gasteiger partial charge >= 0.3 is 0 Å². The topological polar surface area (TPSA) is 43.3 Å². The summed E-state index contributed by atoms with van der Waals surface area (Å²) in [5.41, 5.74) is 0. The molecule has 2 nitrogen and oxygen atoms in total. The molecule has 0 bridgehead atoms. The van der Waals surface area contributed by atoms with Gasteiger partial charge in [-0.25, -0.2) is 0 Å². The molecule has 1 unspecified atom stereocenters. The molecule has 3 heteroatoms. The predicted octanol–water partition coefficient (Wildman–Crippen LogP) is 3.44. The van der Waals surface area contributed by atoms with Gasteiger partial charge in [-0.15, -0.1) is 0 Å². The van der Waals surface area contributed by atoms with E-state index in [0.717, 1.165) is 26.4 Å². The molecule has 3 aromatic carbocycles. The van der Waals surface area contributed by atoms with Gasteiger partial charge in [-0.05, 0) is 57.7 Å². The Morgan fingerprint density at radius 3 is 2.56 bits per heavy atom. The summed E-state index contributed by atoms with van der Waals surface area (Å²) >= 11 is -0.972. The third kappa shape index (κ3) is 1.82. The first kappa shape index (κ1) is 11.4. The van der Waals surface area contributed by atoms with Crippen LogP contribution >= 0.6 is 0 Å². The predicted molar refractivity (Wildman–Crippen MR) is 75.5 cm³/mol. The molecular formula is C15H12O2S. The lowest BCUT2D eigenvalue weighted by molar-refractivity contribution is 0.481. The van der Waals surface area contributed by atoms with E-state index in [2.05, 4.69) is 0 Å². The number of rotatable bonds is 1. The molecule has 0 aliphatic rings. The number of aromatic hydroxyl groups is 1. The Labute approximate surface area is 108 Å². The number of hydrogen-bond acceptors (Lipinski definition) is 2. The summed E-state index contributed by atoms with van der Waals surface area (Å²) in [6, 6.07) is 15.2. The second-order valence-corrected chi connectivity index (χ2v) is 5.69. The lowest BCUT2D eigenvalue weighted by Crippen LogP contribution is -1.96. The molecule has 0 aromatic heterocycles. The fourth-order valence-corrected chi connectivity index (χ4v) is 2.72. The molecule has 0 radical (unpaired) electrons. The third-order valence-corrected chi connectivity index (χ3v) is 4.04. The van der Waals surface area contributed by atoms with Crippen molar-refractivity contribution >= 4 is 32.7 Å². The zero-order valence-corrected chi connectivity index (χ0v) is 10.7. The van der Waals surface area contributed by atoms with Gasteiger partial charge in [-0.1, -0.05) is 12.1 Å². The zero-order chi connectivity index (χ0) is 12.7. The van der Waals surface area contributed by atoms with E-state index in [-0.39, 0.29) is 5.75 Å². The molecule has 3 aromatic rings. The highest BCUT2D eigenvalue weighted by Crippen LogP contribution is 2.30. The van der Waals surface area contributed by atoms with Crippen molar-refractivity contribution in [1.29, 1.82) is 0 Å². The van der Waals surface area contributed by atoms with Gasteiger partial charge in [0.15, 0.2) is 4.90 Å². The first-order chi connectivity index (χ1) is 8.65. The molecule has 0 aliphatic heterocycles. The Bertz CT molecular complexity index is 735. The van der Waals surface area contributed by atoms with E-state index in [9.17, 15) is 9.66 Å². The average molecular weight is 256 g/mol. The highest BCUT2D eigenvalue weighted by molar-refractivity contribution is 7.90. The number of hydrogen-bond donors (Lipinski definition) is 1. The fraction of sp³-hybridized carbons (Fsp3) is 0.0667. The second kappa shape index (κ2) is 4.19. The molecule has 1 atom stereocenters. The van der Waals surface area contributed by atoms with Crippen molar-refractivity contribution in [3.05, 3.63) is 48.5 Å². The number of benzene rings is 3. The molecule has 0 saturated heterocycles. The highest BCUT2D eigenvalue weighted by atomic mass is 32.2. The van der Waals surface area contributed by atoms with Crippen LogP contribution in [0.3, 0.4) is 0 Å². The zero-order valence-electron chi connectivity index (χ0n) is 9.88. The van der Waals surface area contributed by atoms with Gasteiger partial charge in [-0.3, -0.25) is 0 Å². The first-order valence-electron chi connectivity index (χ1n) is 5.64. The van der Waals surface area contributed by atoms with Crippen molar-refractivity contribution in [2.24, 2.45) is 0 Å². The van der Waals surface area contributed by atoms with E-state index in [1.807, 2.05) is 42.5 Å². The highest BCUT2D eigenvalue weighted by Gasteiger charge is 2.07. The normalized spacial score (nSPS) is 13.0. The van der Waals surface area contributed by atoms with Gasteiger partial charge < -0.3 is 9.66 Å². The molecule has 90 valence electrons. The maximum absolute atomic E-state index is 11.5. The lowest BCUT2D eigenvalue weighted by atomic mass is 10.0. The molecule has 1 N–H and O–H groups in total. The van der Waals surface area contributed by atoms with Gasteiger partial charge in [-0.2, -0.15) is 0 Å². The molecule has 0 saturated carbocycles. The number of fused-ring (bicyclic) bond motifs is 2. The molecule has 0 heterocycles. The molecule has 0 fully saturated rings. The molecule has 3 rings (SSSR count). The minimum absolute atomic E-state index is 0.289. The molecular weight excluding hydrogens is 244 g/mol. The maximum atomic E-state index is 11.5. The maximum Gasteiger partial charge on any atom is 0.153 e. The summed E-state index contributed by atoms with van der Waals surface area (Å²) in [5.74, 6) is 0.289. The first-order valence-corrected chi connectivity index (χ1v) is 7.20. The van der Waals surface area contributed by atoms with Crippen molar-refractivity contribution in [2.45, 2.75) is 4.90 Å². The summed E-state index contributed by atoms with van der Waals surface area (Å²) in [7, 11) is 0. The summed E-state index contributed by atoms with van der Waals surface area (Å²) in [5, 5.41) is 13.7. The minimum Gasteiger partial charge on any atom is -0.612 e. The average Bonchev–Trinajstić information content (AvgIpc) is 2.36. The van der Waals surface area contributed by atoms with Gasteiger partial charge in [0.25, 0.3) is 0 Å². The van der Waals surface area contributed by atoms with Crippen LogP contribution in [0.25, 0.3) is 21.5 Å². The van der Waals surface area contributed by atoms with Crippen LogP contribution in [0.1, 0.15) is 0 Å². The van der Waals surface area contributed by atoms with Gasteiger partial charge in [0.05, 0.1) is 0 Å². The van der Waals surface area contributed by atoms with Crippen molar-refractivity contribution in [3.8, 4) is 5.75 Å². The quantitative estimate of drug-likeness (QED) is 0.535. The fourth-order valence-electron chi connectivity index (χ4n) is 2.16. The Hall–Kier alpha value is -1.71. The van der Waals surface area contributed by atoms with Crippen molar-refractivity contribution in [3.63, 3.8) is 0 Å². The van der Waals surface area contributed by atoms with Crippen LogP contribution < -0.4 is 0 Å². The lowest BCUT2D eigenvalue weighted by Gasteiger charge is -2.07. The van der Waals surface area contributed by atoms with E-state index in [1.54, 1.807) is 12.3 Å². The monoisotopic (exact) mass is 256 g/mol. The van der Waals surface area contributed by atoms with Crippen molar-refractivity contribution < 1.29 is 9.66 Å². The Morgan fingerprint density at radius 2 is 1.78 bits per heavy atom. The molecule has 18 heavy (non-hydrogen) atoms. The molecule has 0 amide bonds. The van der Waals surface area contributed by atoms with Crippen LogP contribution in [0.5, 0.6) is 5.75 Å². The van der Waals surface area contributed by atoms with E-state index < -0.39 is 11.2 Å². The van der Waals surface area contributed by atoms with E-state index in [1.165, 1.54) is 0 Å². The minimum atomic E-state index is -0.972. The van der Waals surface area contributed by atoms with Crippen molar-refractivity contribution in [2.75, 3.05) is 6.26 Å². The van der Waals surface area contributed by atoms with E-state index >= 15 is 0 Å². The van der Waals surface area contributed by atoms with Crippen LogP contribution in [0.4, 0.5) is 0 Å². The van der Waals surface area contributed by atoms with Crippen molar-refractivity contribution in [1.82, 2.24) is 0 Å². The largest absolute Gasteiger partial charge is 0.612 e. The molecule has 0 aliphatic carbocycles. The number of phenols is 1. The second-order valence-electron chi connectivity index (χ2n) is 4.31. The van der Waals surface area contributed by atoms with E-state index in [0.29, 0.717) is 0 Å². The SMILES string of the molecule is C[S+]([O-])c1ccc2cc3c(O)cccc3cc2c1. The smallest absolute Gasteiger partial charge is 0.153 e. The van der Waals surface area contributed by atoms with Crippen LogP contribution in [0.2, 0.25) is 0 Å². The van der Waals surface area contributed by atoms with Gasteiger partial charge in [0, 0.05) is 11.5 Å². The van der Waals surface area contributed by atoms with E-state index in [4.69, 9.17) is 0 Å². The van der Waals surface area contributed by atoms with Crippen LogP contribution in [-0.2, 0) is 11.2 Å². The molecule has 0 spiro atoms. The van der Waals surface area contributed by atoms with Crippen LogP contribution in [0.15, 0.2) is 53.4 Å². The summed E-state index contributed by atoms with van der Waals surface area (Å²) in [6.45, 7) is 0. The summed E-state index contributed by atoms with van der Waals surface area (Å²) in [6.07, 6.45) is 1.67. The summed E-state index contributed by atoms with van der Waals surface area (Å²) < 4.78 is 11.5. The van der Waals surface area contributed by atoms with Gasteiger partial charge in [0.2, 0.25) is 0 Å².